The first-order valence-electron chi connectivity index (χ1n) is 10.2. The molecule has 0 aliphatic rings. The summed E-state index contributed by atoms with van der Waals surface area (Å²) >= 11 is 0. The van der Waals surface area contributed by atoms with Crippen molar-refractivity contribution in [1.29, 1.82) is 5.41 Å². The standard InChI is InChI=1S/C24H23FN6O/c1-14(2)31-17(11-16-9-6-10-18(25)19(16)24(31)32)12-28-23-20(22(27)29-13-30-23)21(26)15-7-4-3-5-8-15/h3-11,13-14,26H,12H2,1-2H3,(H3,27,28,29,30). The third kappa shape index (κ3) is 3.82. The van der Waals surface area contributed by atoms with Gasteiger partial charge in [0.2, 0.25) is 0 Å². The van der Waals surface area contributed by atoms with E-state index in [9.17, 15) is 9.18 Å². The van der Waals surface area contributed by atoms with Crippen molar-refractivity contribution in [1.82, 2.24) is 14.5 Å². The van der Waals surface area contributed by atoms with Crippen LogP contribution in [0.4, 0.5) is 16.0 Å². The number of halogens is 1. The molecule has 0 bridgehead atoms. The lowest BCUT2D eigenvalue weighted by Crippen LogP contribution is -2.27. The van der Waals surface area contributed by atoms with Crippen molar-refractivity contribution in [3.63, 3.8) is 0 Å². The summed E-state index contributed by atoms with van der Waals surface area (Å²) < 4.78 is 15.9. The van der Waals surface area contributed by atoms with Crippen LogP contribution in [0.5, 0.6) is 0 Å². The summed E-state index contributed by atoms with van der Waals surface area (Å²) in [6.07, 6.45) is 1.32. The minimum absolute atomic E-state index is 0.0720. The minimum atomic E-state index is -0.538. The van der Waals surface area contributed by atoms with Crippen LogP contribution < -0.4 is 16.6 Å². The van der Waals surface area contributed by atoms with Crippen molar-refractivity contribution in [2.45, 2.75) is 26.4 Å². The molecule has 0 aliphatic heterocycles. The zero-order valence-electron chi connectivity index (χ0n) is 17.8. The van der Waals surface area contributed by atoms with E-state index in [1.54, 1.807) is 22.8 Å². The van der Waals surface area contributed by atoms with Crippen LogP contribution in [0.1, 0.15) is 36.7 Å². The highest BCUT2D eigenvalue weighted by Gasteiger charge is 2.18. The lowest BCUT2D eigenvalue weighted by atomic mass is 10.0. The fraction of sp³-hybridized carbons (Fsp3) is 0.167. The molecule has 0 spiro atoms. The number of aromatic nitrogens is 3. The molecule has 8 heteroatoms. The maximum atomic E-state index is 14.3. The number of rotatable bonds is 6. The van der Waals surface area contributed by atoms with Crippen LogP contribution in [0.15, 0.2) is 65.7 Å². The van der Waals surface area contributed by atoms with Gasteiger partial charge in [-0.15, -0.1) is 0 Å². The fourth-order valence-corrected chi connectivity index (χ4v) is 3.79. The van der Waals surface area contributed by atoms with E-state index in [1.807, 2.05) is 44.2 Å². The molecule has 0 radical (unpaired) electrons. The van der Waals surface area contributed by atoms with Crippen LogP contribution in [-0.2, 0) is 6.54 Å². The summed E-state index contributed by atoms with van der Waals surface area (Å²) in [4.78, 5) is 21.4. The van der Waals surface area contributed by atoms with Crippen molar-refractivity contribution >= 4 is 28.1 Å². The summed E-state index contributed by atoms with van der Waals surface area (Å²) in [7, 11) is 0. The Balaban J connectivity index is 1.75. The minimum Gasteiger partial charge on any atom is -0.383 e. The zero-order chi connectivity index (χ0) is 22.8. The number of pyridine rings is 1. The highest BCUT2D eigenvalue weighted by atomic mass is 19.1. The lowest BCUT2D eigenvalue weighted by molar-refractivity contribution is 0.555. The van der Waals surface area contributed by atoms with E-state index in [2.05, 4.69) is 15.3 Å². The number of anilines is 2. The SMILES string of the molecule is CC(C)n1c(CNc2ncnc(N)c2C(=N)c2ccccc2)cc2cccc(F)c2c1=O. The molecule has 7 nitrogen and oxygen atoms in total. The van der Waals surface area contributed by atoms with Crippen molar-refractivity contribution in [3.8, 4) is 0 Å². The first-order chi connectivity index (χ1) is 15.4. The Morgan fingerprint density at radius 1 is 1.16 bits per heavy atom. The number of hydrogen-bond acceptors (Lipinski definition) is 6. The van der Waals surface area contributed by atoms with E-state index in [4.69, 9.17) is 11.1 Å². The molecule has 4 rings (SSSR count). The third-order valence-electron chi connectivity index (χ3n) is 5.25. The second kappa shape index (κ2) is 8.58. The Morgan fingerprint density at radius 3 is 2.62 bits per heavy atom. The van der Waals surface area contributed by atoms with Gasteiger partial charge < -0.3 is 15.6 Å². The number of nitrogens with two attached hydrogens (primary N) is 1. The van der Waals surface area contributed by atoms with Gasteiger partial charge in [-0.25, -0.2) is 14.4 Å². The van der Waals surface area contributed by atoms with E-state index < -0.39 is 5.82 Å². The van der Waals surface area contributed by atoms with Crippen molar-refractivity contribution in [3.05, 3.63) is 93.9 Å². The molecule has 4 N–H and O–H groups in total. The molecule has 0 saturated carbocycles. The van der Waals surface area contributed by atoms with Crippen LogP contribution >= 0.6 is 0 Å². The molecule has 0 atom stereocenters. The van der Waals surface area contributed by atoms with Gasteiger partial charge in [-0.2, -0.15) is 0 Å². The quantitative estimate of drug-likeness (QED) is 0.399. The first kappa shape index (κ1) is 21.2. The molecule has 2 aromatic heterocycles. The van der Waals surface area contributed by atoms with Crippen molar-refractivity contribution in [2.24, 2.45) is 0 Å². The molecule has 0 saturated heterocycles. The predicted molar refractivity (Wildman–Crippen MR) is 125 cm³/mol. The Morgan fingerprint density at radius 2 is 1.91 bits per heavy atom. The van der Waals surface area contributed by atoms with E-state index in [0.29, 0.717) is 28.0 Å². The van der Waals surface area contributed by atoms with Crippen LogP contribution in [0.2, 0.25) is 0 Å². The lowest BCUT2D eigenvalue weighted by Gasteiger charge is -2.19. The van der Waals surface area contributed by atoms with Gasteiger partial charge in [-0.1, -0.05) is 42.5 Å². The molecule has 2 heterocycles. The van der Waals surface area contributed by atoms with Gasteiger partial charge in [-0.3, -0.25) is 10.2 Å². The second-order valence-corrected chi connectivity index (χ2v) is 7.69. The maximum Gasteiger partial charge on any atom is 0.261 e. The molecular weight excluding hydrogens is 407 g/mol. The average molecular weight is 430 g/mol. The maximum absolute atomic E-state index is 14.3. The summed E-state index contributed by atoms with van der Waals surface area (Å²) in [5, 5.41) is 12.4. The number of nitrogens with one attached hydrogen (secondary N) is 2. The van der Waals surface area contributed by atoms with Gasteiger partial charge in [0.1, 0.15) is 23.8 Å². The Kier molecular flexibility index (Phi) is 5.68. The van der Waals surface area contributed by atoms with Crippen LogP contribution in [-0.4, -0.2) is 20.2 Å². The normalized spacial score (nSPS) is 11.1. The average Bonchev–Trinajstić information content (AvgIpc) is 2.77. The van der Waals surface area contributed by atoms with Crippen LogP contribution in [0, 0.1) is 11.2 Å². The van der Waals surface area contributed by atoms with E-state index in [1.165, 1.54) is 12.4 Å². The molecule has 2 aromatic carbocycles. The fourth-order valence-electron chi connectivity index (χ4n) is 3.79. The van der Waals surface area contributed by atoms with Crippen LogP contribution in [0.25, 0.3) is 10.8 Å². The van der Waals surface area contributed by atoms with Gasteiger partial charge in [0.05, 0.1) is 23.2 Å². The third-order valence-corrected chi connectivity index (χ3v) is 5.25. The molecule has 0 aliphatic carbocycles. The van der Waals surface area contributed by atoms with Gasteiger partial charge in [0.15, 0.2) is 0 Å². The monoisotopic (exact) mass is 430 g/mol. The largest absolute Gasteiger partial charge is 0.383 e. The van der Waals surface area contributed by atoms with Gasteiger partial charge in [-0.05, 0) is 31.4 Å². The van der Waals surface area contributed by atoms with Crippen molar-refractivity contribution in [2.75, 3.05) is 11.1 Å². The summed E-state index contributed by atoms with van der Waals surface area (Å²) in [6, 6.07) is 15.4. The number of nitrogen functional groups attached to an aromatic ring is 1. The number of nitrogens with zero attached hydrogens (tertiary/aromatic N) is 3. The Hall–Kier alpha value is -4.07. The van der Waals surface area contributed by atoms with Crippen LogP contribution in [0.3, 0.4) is 0 Å². The molecule has 32 heavy (non-hydrogen) atoms. The van der Waals surface area contributed by atoms with E-state index in [0.717, 1.165) is 0 Å². The molecule has 0 unspecified atom stereocenters. The zero-order valence-corrected chi connectivity index (χ0v) is 17.8. The van der Waals surface area contributed by atoms with Crippen molar-refractivity contribution < 1.29 is 4.39 Å². The predicted octanol–water partition coefficient (Wildman–Crippen LogP) is 4.12. The molecular formula is C24H23FN6O. The molecule has 162 valence electrons. The number of fused-ring (bicyclic) bond motifs is 1. The summed E-state index contributed by atoms with van der Waals surface area (Å²) in [5.74, 6) is 0.0233. The smallest absolute Gasteiger partial charge is 0.261 e. The first-order valence-corrected chi connectivity index (χ1v) is 10.2. The molecule has 0 amide bonds. The van der Waals surface area contributed by atoms with E-state index >= 15 is 0 Å². The number of benzene rings is 2. The Labute approximate surface area is 184 Å². The van der Waals surface area contributed by atoms with Gasteiger partial charge in [0.25, 0.3) is 5.56 Å². The van der Waals surface area contributed by atoms with Gasteiger partial charge >= 0.3 is 0 Å². The van der Waals surface area contributed by atoms with Gasteiger partial charge in [0, 0.05) is 17.3 Å². The summed E-state index contributed by atoms with van der Waals surface area (Å²) in [5.41, 5.74) is 7.62. The topological polar surface area (TPSA) is 110 Å². The summed E-state index contributed by atoms with van der Waals surface area (Å²) in [6.45, 7) is 3.97. The van der Waals surface area contributed by atoms with E-state index in [-0.39, 0.29) is 35.1 Å². The highest BCUT2D eigenvalue weighted by molar-refractivity contribution is 6.16. The Bertz CT molecular complexity index is 1360. The second-order valence-electron chi connectivity index (χ2n) is 7.69. The molecule has 4 aromatic rings. The molecule has 0 fully saturated rings. The number of hydrogen-bond donors (Lipinski definition) is 3. The highest BCUT2D eigenvalue weighted by Crippen LogP contribution is 2.23.